The van der Waals surface area contributed by atoms with E-state index in [1.54, 1.807) is 6.07 Å². The van der Waals surface area contributed by atoms with Crippen molar-refractivity contribution < 1.29 is 35.9 Å². The SMILES string of the molecule is Cc1[nH]c2c(-c3ccccc3)c(C(F)(F)F)nn2c(=O)c1C(=O)Nc1cccc(OC(F)(F)F)c1. The fourth-order valence-corrected chi connectivity index (χ4v) is 3.50. The van der Waals surface area contributed by atoms with E-state index in [2.05, 4.69) is 20.1 Å². The molecule has 0 saturated carbocycles. The Bertz CT molecular complexity index is 1470. The topological polar surface area (TPSA) is 88.5 Å². The molecule has 182 valence electrons. The van der Waals surface area contributed by atoms with Crippen LogP contribution in [-0.2, 0) is 6.18 Å². The maximum Gasteiger partial charge on any atom is 0.573 e. The van der Waals surface area contributed by atoms with E-state index < -0.39 is 41.0 Å². The lowest BCUT2D eigenvalue weighted by molar-refractivity contribution is -0.274. The van der Waals surface area contributed by atoms with Crippen molar-refractivity contribution in [3.05, 3.63) is 81.9 Å². The van der Waals surface area contributed by atoms with Gasteiger partial charge < -0.3 is 15.0 Å². The molecule has 0 bridgehead atoms. The molecular weight excluding hydrogens is 482 g/mol. The lowest BCUT2D eigenvalue weighted by Gasteiger charge is -2.11. The molecule has 7 nitrogen and oxygen atoms in total. The first-order chi connectivity index (χ1) is 16.3. The van der Waals surface area contributed by atoms with E-state index in [0.717, 1.165) is 12.1 Å². The van der Waals surface area contributed by atoms with Gasteiger partial charge in [-0.25, -0.2) is 0 Å². The van der Waals surface area contributed by atoms with Crippen LogP contribution in [-0.4, -0.2) is 26.9 Å². The van der Waals surface area contributed by atoms with Crippen molar-refractivity contribution in [3.8, 4) is 16.9 Å². The summed E-state index contributed by atoms with van der Waals surface area (Å²) in [4.78, 5) is 28.5. The predicted octanol–water partition coefficient (Wildman–Crippen LogP) is 5.17. The van der Waals surface area contributed by atoms with E-state index in [0.29, 0.717) is 4.52 Å². The van der Waals surface area contributed by atoms with Crippen LogP contribution >= 0.6 is 0 Å². The summed E-state index contributed by atoms with van der Waals surface area (Å²) in [6.07, 6.45) is -9.87. The van der Waals surface area contributed by atoms with Gasteiger partial charge in [0.25, 0.3) is 11.5 Å². The number of carbonyl (C=O) groups excluding carboxylic acids is 1. The Kier molecular flexibility index (Phi) is 5.79. The molecule has 35 heavy (non-hydrogen) atoms. The highest BCUT2D eigenvalue weighted by Crippen LogP contribution is 2.38. The maximum absolute atomic E-state index is 13.7. The van der Waals surface area contributed by atoms with E-state index in [9.17, 15) is 35.9 Å². The minimum atomic E-state index is -4.96. The number of ether oxygens (including phenoxy) is 1. The Labute approximate surface area is 192 Å². The summed E-state index contributed by atoms with van der Waals surface area (Å²) < 4.78 is 82.8. The van der Waals surface area contributed by atoms with Gasteiger partial charge >= 0.3 is 12.5 Å². The summed E-state index contributed by atoms with van der Waals surface area (Å²) in [7, 11) is 0. The Morgan fingerprint density at radius 3 is 2.34 bits per heavy atom. The summed E-state index contributed by atoms with van der Waals surface area (Å²) in [6, 6.07) is 11.8. The molecule has 2 aromatic carbocycles. The number of amides is 1. The Morgan fingerprint density at radius 1 is 1.03 bits per heavy atom. The van der Waals surface area contributed by atoms with E-state index in [1.165, 1.54) is 43.3 Å². The maximum atomic E-state index is 13.7. The molecule has 4 aromatic rings. The van der Waals surface area contributed by atoms with Crippen LogP contribution in [0.5, 0.6) is 5.75 Å². The fraction of sp³-hybridized carbons (Fsp3) is 0.136. The second kappa shape index (κ2) is 8.49. The smallest absolute Gasteiger partial charge is 0.406 e. The van der Waals surface area contributed by atoms with Gasteiger partial charge in [-0.1, -0.05) is 36.4 Å². The van der Waals surface area contributed by atoms with Crippen molar-refractivity contribution in [2.24, 2.45) is 0 Å². The zero-order valence-corrected chi connectivity index (χ0v) is 17.6. The number of alkyl halides is 6. The third-order valence-electron chi connectivity index (χ3n) is 4.86. The number of aromatic nitrogens is 3. The Morgan fingerprint density at radius 2 is 1.71 bits per heavy atom. The second-order valence-corrected chi connectivity index (χ2v) is 7.31. The zero-order chi connectivity index (χ0) is 25.5. The second-order valence-electron chi connectivity index (χ2n) is 7.31. The first kappa shape index (κ1) is 23.9. The number of carbonyl (C=O) groups is 1. The number of halogens is 6. The number of benzene rings is 2. The van der Waals surface area contributed by atoms with Crippen molar-refractivity contribution in [2.45, 2.75) is 19.5 Å². The average molecular weight is 496 g/mol. The van der Waals surface area contributed by atoms with Crippen LogP contribution in [0.25, 0.3) is 16.8 Å². The summed E-state index contributed by atoms with van der Waals surface area (Å²) in [5.41, 5.74) is -3.77. The number of hydrogen-bond acceptors (Lipinski definition) is 4. The van der Waals surface area contributed by atoms with Gasteiger partial charge in [0, 0.05) is 17.4 Å². The van der Waals surface area contributed by atoms with Crippen LogP contribution in [0, 0.1) is 6.92 Å². The van der Waals surface area contributed by atoms with Gasteiger partial charge in [0.05, 0.1) is 5.56 Å². The fourth-order valence-electron chi connectivity index (χ4n) is 3.50. The standard InChI is InChI=1S/C22H14F6N4O3/c1-11-15(19(33)30-13-8-5-9-14(10-13)35-22(26,27)28)20(34)32-18(29-11)16(12-6-3-2-4-7-12)17(31-32)21(23,24)25/h2-10,29H,1H3,(H,30,33). The van der Waals surface area contributed by atoms with Crippen molar-refractivity contribution in [2.75, 3.05) is 5.32 Å². The molecule has 0 fully saturated rings. The van der Waals surface area contributed by atoms with Gasteiger partial charge in [-0.2, -0.15) is 22.8 Å². The van der Waals surface area contributed by atoms with Crippen molar-refractivity contribution >= 4 is 17.2 Å². The van der Waals surface area contributed by atoms with Gasteiger partial charge in [-0.05, 0) is 24.6 Å². The molecular formula is C22H14F6N4O3. The molecule has 0 spiro atoms. The van der Waals surface area contributed by atoms with Crippen LogP contribution < -0.4 is 15.6 Å². The summed E-state index contributed by atoms with van der Waals surface area (Å²) in [5, 5.41) is 5.67. The number of fused-ring (bicyclic) bond motifs is 1. The molecule has 0 radical (unpaired) electrons. The minimum absolute atomic E-state index is 0.0755. The molecule has 0 unspecified atom stereocenters. The third kappa shape index (κ3) is 4.83. The molecule has 0 aliphatic rings. The monoisotopic (exact) mass is 496 g/mol. The normalized spacial score (nSPS) is 12.1. The molecule has 0 aliphatic carbocycles. The number of nitrogens with zero attached hydrogens (tertiary/aromatic N) is 2. The molecule has 4 rings (SSSR count). The van der Waals surface area contributed by atoms with Gasteiger partial charge in [-0.15, -0.1) is 13.2 Å². The highest BCUT2D eigenvalue weighted by molar-refractivity contribution is 6.05. The van der Waals surface area contributed by atoms with E-state index in [-0.39, 0.29) is 28.2 Å². The van der Waals surface area contributed by atoms with Crippen LogP contribution in [0.3, 0.4) is 0 Å². The van der Waals surface area contributed by atoms with Crippen LogP contribution in [0.1, 0.15) is 21.7 Å². The van der Waals surface area contributed by atoms with Gasteiger partial charge in [0.1, 0.15) is 17.0 Å². The highest BCUT2D eigenvalue weighted by Gasteiger charge is 2.39. The number of H-pyrrole nitrogens is 1. The van der Waals surface area contributed by atoms with Gasteiger partial charge in [-0.3, -0.25) is 9.59 Å². The quantitative estimate of drug-likeness (QED) is 0.382. The minimum Gasteiger partial charge on any atom is -0.406 e. The van der Waals surface area contributed by atoms with Gasteiger partial charge in [0.2, 0.25) is 0 Å². The molecule has 2 aromatic heterocycles. The number of aromatic amines is 1. The molecule has 2 heterocycles. The lowest BCUT2D eigenvalue weighted by atomic mass is 10.1. The highest BCUT2D eigenvalue weighted by atomic mass is 19.4. The molecule has 0 atom stereocenters. The third-order valence-corrected chi connectivity index (χ3v) is 4.86. The summed E-state index contributed by atoms with van der Waals surface area (Å²) >= 11 is 0. The molecule has 0 saturated heterocycles. The summed E-state index contributed by atoms with van der Waals surface area (Å²) in [5.74, 6) is -1.69. The molecule has 13 heteroatoms. The molecule has 2 N–H and O–H groups in total. The van der Waals surface area contributed by atoms with Gasteiger partial charge in [0.15, 0.2) is 5.69 Å². The Hall–Kier alpha value is -4.29. The molecule has 1 amide bonds. The molecule has 0 aliphatic heterocycles. The number of nitrogens with one attached hydrogen (secondary N) is 2. The van der Waals surface area contributed by atoms with Crippen LogP contribution in [0.4, 0.5) is 32.0 Å². The lowest BCUT2D eigenvalue weighted by Crippen LogP contribution is -2.29. The predicted molar refractivity (Wildman–Crippen MR) is 112 cm³/mol. The first-order valence-electron chi connectivity index (χ1n) is 9.80. The largest absolute Gasteiger partial charge is 0.573 e. The number of rotatable bonds is 4. The van der Waals surface area contributed by atoms with Crippen molar-refractivity contribution in [1.29, 1.82) is 0 Å². The first-order valence-corrected chi connectivity index (χ1v) is 9.80. The van der Waals surface area contributed by atoms with E-state index in [1.807, 2.05) is 0 Å². The Balaban J connectivity index is 1.80. The van der Waals surface area contributed by atoms with Crippen LogP contribution in [0.2, 0.25) is 0 Å². The van der Waals surface area contributed by atoms with Crippen LogP contribution in [0.15, 0.2) is 59.4 Å². The average Bonchev–Trinajstić information content (AvgIpc) is 3.13. The summed E-state index contributed by atoms with van der Waals surface area (Å²) in [6.45, 7) is 1.30. The number of aryl methyl sites for hydroxylation is 1. The van der Waals surface area contributed by atoms with Crippen molar-refractivity contribution in [1.82, 2.24) is 14.6 Å². The van der Waals surface area contributed by atoms with E-state index in [4.69, 9.17) is 0 Å². The van der Waals surface area contributed by atoms with Crippen molar-refractivity contribution in [3.63, 3.8) is 0 Å². The van der Waals surface area contributed by atoms with E-state index >= 15 is 0 Å². The number of anilines is 1. The number of hydrogen-bond donors (Lipinski definition) is 2. The zero-order valence-electron chi connectivity index (χ0n) is 17.6.